The second-order valence-corrected chi connectivity index (χ2v) is 6.96. The van der Waals surface area contributed by atoms with Crippen molar-refractivity contribution in [3.8, 4) is 23.1 Å². The highest BCUT2D eigenvalue weighted by Gasteiger charge is 2.10. The van der Waals surface area contributed by atoms with Gasteiger partial charge in [0.2, 0.25) is 5.88 Å². The van der Waals surface area contributed by atoms with Gasteiger partial charge >= 0.3 is 0 Å². The molecule has 0 saturated carbocycles. The first-order valence-electron chi connectivity index (χ1n) is 9.96. The number of aliphatic hydroxyl groups is 1. The fourth-order valence-electron chi connectivity index (χ4n) is 2.35. The van der Waals surface area contributed by atoms with Crippen LogP contribution >= 0.6 is 0 Å². The zero-order valence-corrected chi connectivity index (χ0v) is 18.7. The van der Waals surface area contributed by atoms with Gasteiger partial charge in [-0.3, -0.25) is 14.9 Å². The molecule has 0 aliphatic rings. The van der Waals surface area contributed by atoms with Crippen LogP contribution in [0.5, 0.6) is 23.1 Å². The Kier molecular flexibility index (Phi) is 9.47. The molecule has 2 aromatic carbocycles. The summed E-state index contributed by atoms with van der Waals surface area (Å²) in [5.41, 5.74) is 3.22. The van der Waals surface area contributed by atoms with Gasteiger partial charge in [-0.2, -0.15) is 5.10 Å². The van der Waals surface area contributed by atoms with Gasteiger partial charge in [-0.25, -0.2) is 10.4 Å². The highest BCUT2D eigenvalue weighted by atomic mass is 16.6. The molecule has 11 heteroatoms. The molecular weight excluding hydrogens is 444 g/mol. The van der Waals surface area contributed by atoms with E-state index in [0.717, 1.165) is 6.20 Å². The summed E-state index contributed by atoms with van der Waals surface area (Å²) in [4.78, 5) is 26.0. The number of aliphatic hydroxyl groups excluding tert-OH is 1. The lowest BCUT2D eigenvalue weighted by Gasteiger charge is -2.10. The van der Waals surface area contributed by atoms with Gasteiger partial charge in [0, 0.05) is 23.8 Å². The number of hydrogen-bond acceptors (Lipinski definition) is 9. The maximum absolute atomic E-state index is 12.0. The van der Waals surface area contributed by atoms with E-state index in [1.807, 2.05) is 0 Å². The predicted molar refractivity (Wildman–Crippen MR) is 124 cm³/mol. The minimum Gasteiger partial charge on any atom is -0.508 e. The van der Waals surface area contributed by atoms with Crippen molar-refractivity contribution in [2.45, 2.75) is 20.0 Å². The number of nitro groups is 1. The molecule has 3 rings (SSSR count). The summed E-state index contributed by atoms with van der Waals surface area (Å²) in [5, 5.41) is 31.9. The Hall–Kier alpha value is -4.51. The van der Waals surface area contributed by atoms with Crippen molar-refractivity contribution in [2.75, 3.05) is 7.11 Å². The number of nitrogens with one attached hydrogen (secondary N) is 1. The minimum absolute atomic E-state index is 0.0633. The number of amides is 1. The maximum atomic E-state index is 12.0. The standard InChI is InChI=1S/C20H16N4O6.C3H8O/c1-29-18-10-13(11-22-23-20(26)14-3-6-16(25)7-4-14)2-8-17(18)30-19-9-5-15(12-21-19)24(27)28;1-3(2)4/h2-12,25H,1H3,(H,23,26);3-4H,1-2H3/b22-11+;. The van der Waals surface area contributed by atoms with Crippen molar-refractivity contribution < 1.29 is 29.4 Å². The van der Waals surface area contributed by atoms with Crippen LogP contribution in [0.15, 0.2) is 65.9 Å². The van der Waals surface area contributed by atoms with Gasteiger partial charge in [0.05, 0.1) is 18.2 Å². The van der Waals surface area contributed by atoms with E-state index in [4.69, 9.17) is 14.6 Å². The SMILES string of the molecule is CC(C)O.COc1cc(/C=N/NC(=O)c2ccc(O)cc2)ccc1Oc1ccc([N+](=O)[O-])cn1. The second kappa shape index (κ2) is 12.5. The zero-order chi connectivity index (χ0) is 25.1. The molecule has 0 saturated heterocycles. The Morgan fingerprint density at radius 2 is 1.82 bits per heavy atom. The largest absolute Gasteiger partial charge is 0.508 e. The Balaban J connectivity index is 0.000000945. The number of pyridine rings is 1. The predicted octanol–water partition coefficient (Wildman–Crippen LogP) is 3.65. The number of phenols is 1. The molecule has 0 fully saturated rings. The number of hydrazone groups is 1. The number of carbonyl (C=O) groups excluding carboxylic acids is 1. The lowest BCUT2D eigenvalue weighted by atomic mass is 10.2. The summed E-state index contributed by atoms with van der Waals surface area (Å²) in [5.74, 6) is 0.533. The van der Waals surface area contributed by atoms with E-state index in [0.29, 0.717) is 22.6 Å². The van der Waals surface area contributed by atoms with E-state index in [1.165, 1.54) is 49.7 Å². The van der Waals surface area contributed by atoms with Crippen LogP contribution in [-0.4, -0.2) is 45.5 Å². The quantitative estimate of drug-likeness (QED) is 0.269. The first-order valence-corrected chi connectivity index (χ1v) is 9.96. The Bertz CT molecular complexity index is 1130. The van der Waals surface area contributed by atoms with E-state index in [1.54, 1.807) is 32.0 Å². The number of rotatable bonds is 7. The number of aromatic hydroxyl groups is 1. The van der Waals surface area contributed by atoms with Crippen LogP contribution in [0.2, 0.25) is 0 Å². The molecule has 0 spiro atoms. The van der Waals surface area contributed by atoms with Gasteiger partial charge < -0.3 is 19.7 Å². The van der Waals surface area contributed by atoms with Gasteiger partial charge in [-0.05, 0) is 61.9 Å². The number of carbonyl (C=O) groups is 1. The summed E-state index contributed by atoms with van der Waals surface area (Å²) in [6, 6.07) is 13.4. The number of methoxy groups -OCH3 is 1. The van der Waals surface area contributed by atoms with E-state index in [2.05, 4.69) is 15.5 Å². The van der Waals surface area contributed by atoms with Crippen LogP contribution in [0.1, 0.15) is 29.8 Å². The summed E-state index contributed by atoms with van der Waals surface area (Å²) in [6.45, 7) is 3.44. The molecule has 178 valence electrons. The van der Waals surface area contributed by atoms with Crippen LogP contribution in [-0.2, 0) is 0 Å². The first kappa shape index (κ1) is 25.7. The fraction of sp³-hybridized carbons (Fsp3) is 0.174. The molecule has 1 heterocycles. The Morgan fingerprint density at radius 3 is 2.38 bits per heavy atom. The molecule has 1 aromatic heterocycles. The lowest BCUT2D eigenvalue weighted by molar-refractivity contribution is -0.385. The van der Waals surface area contributed by atoms with Crippen LogP contribution in [0.25, 0.3) is 0 Å². The molecule has 0 bridgehead atoms. The summed E-state index contributed by atoms with van der Waals surface area (Å²) >= 11 is 0. The van der Waals surface area contributed by atoms with Crippen LogP contribution < -0.4 is 14.9 Å². The van der Waals surface area contributed by atoms with E-state index < -0.39 is 10.8 Å². The number of phenolic OH excluding ortho intramolecular Hbond substituents is 1. The van der Waals surface area contributed by atoms with Crippen molar-refractivity contribution in [3.63, 3.8) is 0 Å². The van der Waals surface area contributed by atoms with Crippen LogP contribution in [0, 0.1) is 10.1 Å². The van der Waals surface area contributed by atoms with Crippen molar-refractivity contribution in [2.24, 2.45) is 5.10 Å². The van der Waals surface area contributed by atoms with E-state index in [-0.39, 0.29) is 23.4 Å². The molecule has 34 heavy (non-hydrogen) atoms. The minimum atomic E-state index is -0.550. The molecular formula is C23H24N4O7. The first-order chi connectivity index (χ1) is 16.2. The lowest BCUT2D eigenvalue weighted by Crippen LogP contribution is -2.17. The summed E-state index contributed by atoms with van der Waals surface area (Å²) in [7, 11) is 1.46. The molecule has 11 nitrogen and oxygen atoms in total. The Labute approximate surface area is 195 Å². The molecule has 0 unspecified atom stereocenters. The summed E-state index contributed by atoms with van der Waals surface area (Å²) in [6.07, 6.45) is 2.36. The third-order valence-electron chi connectivity index (χ3n) is 3.84. The van der Waals surface area contributed by atoms with Crippen molar-refractivity contribution >= 4 is 17.8 Å². The number of hydrogen-bond donors (Lipinski definition) is 3. The Morgan fingerprint density at radius 1 is 1.15 bits per heavy atom. The highest BCUT2D eigenvalue weighted by Crippen LogP contribution is 2.31. The smallest absolute Gasteiger partial charge is 0.287 e. The van der Waals surface area contributed by atoms with Crippen LogP contribution in [0.4, 0.5) is 5.69 Å². The average Bonchev–Trinajstić information content (AvgIpc) is 2.80. The van der Waals surface area contributed by atoms with Crippen molar-refractivity contribution in [1.82, 2.24) is 10.4 Å². The number of aromatic nitrogens is 1. The van der Waals surface area contributed by atoms with E-state index in [9.17, 15) is 20.0 Å². The molecule has 0 atom stereocenters. The van der Waals surface area contributed by atoms with Gasteiger partial charge in [-0.15, -0.1) is 0 Å². The maximum Gasteiger partial charge on any atom is 0.287 e. The number of ether oxygens (including phenoxy) is 2. The molecule has 0 radical (unpaired) electrons. The normalized spacial score (nSPS) is 10.4. The van der Waals surface area contributed by atoms with Crippen molar-refractivity contribution in [1.29, 1.82) is 0 Å². The number of benzene rings is 2. The van der Waals surface area contributed by atoms with Crippen LogP contribution in [0.3, 0.4) is 0 Å². The highest BCUT2D eigenvalue weighted by molar-refractivity contribution is 5.95. The van der Waals surface area contributed by atoms with Crippen molar-refractivity contribution in [3.05, 3.63) is 82.0 Å². The molecule has 0 aliphatic heterocycles. The van der Waals surface area contributed by atoms with Gasteiger partial charge in [0.15, 0.2) is 11.5 Å². The zero-order valence-electron chi connectivity index (χ0n) is 18.7. The molecule has 1 amide bonds. The third kappa shape index (κ3) is 8.20. The average molecular weight is 468 g/mol. The topological polar surface area (TPSA) is 156 Å². The van der Waals surface area contributed by atoms with Gasteiger partial charge in [-0.1, -0.05) is 0 Å². The second-order valence-electron chi connectivity index (χ2n) is 6.96. The molecule has 0 aliphatic carbocycles. The monoisotopic (exact) mass is 468 g/mol. The van der Waals surface area contributed by atoms with Gasteiger partial charge in [0.1, 0.15) is 11.9 Å². The summed E-state index contributed by atoms with van der Waals surface area (Å²) < 4.78 is 10.9. The molecule has 3 aromatic rings. The van der Waals surface area contributed by atoms with Gasteiger partial charge in [0.25, 0.3) is 11.6 Å². The number of nitrogens with zero attached hydrogens (tertiary/aromatic N) is 3. The molecule has 3 N–H and O–H groups in total. The van der Waals surface area contributed by atoms with E-state index >= 15 is 0 Å². The fourth-order valence-corrected chi connectivity index (χ4v) is 2.35. The third-order valence-corrected chi connectivity index (χ3v) is 3.84.